The Bertz CT molecular complexity index is 1070. The highest BCUT2D eigenvalue weighted by Gasteiger charge is 2.31. The number of aromatic amines is 1. The maximum absolute atomic E-state index is 12.8. The minimum atomic E-state index is -0.178. The van der Waals surface area contributed by atoms with Crippen molar-refractivity contribution in [3.63, 3.8) is 0 Å². The molecule has 1 N–H and O–H groups in total. The summed E-state index contributed by atoms with van der Waals surface area (Å²) in [5.41, 5.74) is 0.359. The number of carbonyl (C=O) groups excluding carboxylic acids is 1. The molecular weight excluding hydrogens is 380 g/mol. The number of thioether (sulfide) groups is 1. The summed E-state index contributed by atoms with van der Waals surface area (Å²) < 4.78 is 1.65. The van der Waals surface area contributed by atoms with Crippen LogP contribution in [0.3, 0.4) is 0 Å². The number of amides is 1. The zero-order valence-electron chi connectivity index (χ0n) is 15.0. The van der Waals surface area contributed by atoms with Crippen LogP contribution in [0.2, 0.25) is 0 Å². The number of rotatable bonds is 3. The molecule has 3 aromatic rings. The number of H-pyrrole nitrogens is 1. The third kappa shape index (κ3) is 2.91. The molecule has 5 rings (SSSR count). The number of nitrogens with zero attached hydrogens (tertiary/aromatic N) is 7. The minimum absolute atomic E-state index is 0.0614. The molecule has 0 aliphatic carbocycles. The highest BCUT2D eigenvalue weighted by atomic mass is 32.2. The van der Waals surface area contributed by atoms with Crippen molar-refractivity contribution in [3.05, 3.63) is 35.0 Å². The molecule has 1 atom stereocenters. The van der Waals surface area contributed by atoms with Gasteiger partial charge in [0.05, 0.1) is 12.2 Å². The second-order valence-electron chi connectivity index (χ2n) is 6.79. The molecule has 0 saturated carbocycles. The fourth-order valence-electron chi connectivity index (χ4n) is 3.65. The zero-order chi connectivity index (χ0) is 19.1. The molecule has 2 aliphatic heterocycles. The molecule has 1 unspecified atom stereocenters. The summed E-state index contributed by atoms with van der Waals surface area (Å²) in [5, 5.41) is 7.73. The zero-order valence-corrected chi connectivity index (χ0v) is 15.8. The van der Waals surface area contributed by atoms with Gasteiger partial charge in [-0.2, -0.15) is 5.10 Å². The van der Waals surface area contributed by atoms with Crippen LogP contribution < -0.4 is 10.5 Å². The summed E-state index contributed by atoms with van der Waals surface area (Å²) in [6.07, 6.45) is 5.23. The SMILES string of the molecule is O=C(CC1CSc2nc3[nH]ncc3c(=O)n21)N1CCN(c2ncccn2)CC1. The Balaban J connectivity index is 1.27. The molecule has 1 amide bonds. The summed E-state index contributed by atoms with van der Waals surface area (Å²) in [4.78, 5) is 42.5. The van der Waals surface area contributed by atoms with E-state index in [0.717, 1.165) is 0 Å². The Morgan fingerprint density at radius 2 is 2.00 bits per heavy atom. The first kappa shape index (κ1) is 17.2. The van der Waals surface area contributed by atoms with Crippen LogP contribution in [0.1, 0.15) is 12.5 Å². The average Bonchev–Trinajstić information content (AvgIpc) is 3.36. The molecule has 3 aromatic heterocycles. The molecule has 0 spiro atoms. The number of piperazine rings is 1. The topological polar surface area (TPSA) is 113 Å². The van der Waals surface area contributed by atoms with Crippen LogP contribution in [-0.2, 0) is 4.79 Å². The van der Waals surface area contributed by atoms with Gasteiger partial charge in [0.25, 0.3) is 5.56 Å². The average molecular weight is 398 g/mol. The van der Waals surface area contributed by atoms with E-state index < -0.39 is 0 Å². The van der Waals surface area contributed by atoms with Crippen molar-refractivity contribution in [2.45, 2.75) is 17.6 Å². The Labute approximate surface area is 164 Å². The lowest BCUT2D eigenvalue weighted by molar-refractivity contribution is -0.132. The summed E-state index contributed by atoms with van der Waals surface area (Å²) in [6.45, 7) is 2.64. The Hall–Kier alpha value is -2.95. The molecule has 11 heteroatoms. The largest absolute Gasteiger partial charge is 0.339 e. The first-order valence-electron chi connectivity index (χ1n) is 9.09. The molecule has 2 aliphatic rings. The number of anilines is 1. The predicted octanol–water partition coefficient (Wildman–Crippen LogP) is 0.295. The summed E-state index contributed by atoms with van der Waals surface area (Å²) >= 11 is 1.50. The van der Waals surface area contributed by atoms with E-state index in [2.05, 4.69) is 30.0 Å². The molecular formula is C17H18N8O2S. The molecule has 0 bridgehead atoms. The monoisotopic (exact) mass is 398 g/mol. The van der Waals surface area contributed by atoms with Gasteiger partial charge in [-0.15, -0.1) is 0 Å². The van der Waals surface area contributed by atoms with Crippen LogP contribution in [0.4, 0.5) is 5.95 Å². The van der Waals surface area contributed by atoms with Crippen LogP contribution in [0, 0.1) is 0 Å². The fourth-order valence-corrected chi connectivity index (χ4v) is 4.78. The normalized spacial score (nSPS) is 19.2. The number of fused-ring (bicyclic) bond motifs is 2. The van der Waals surface area contributed by atoms with Gasteiger partial charge in [-0.1, -0.05) is 11.8 Å². The molecule has 28 heavy (non-hydrogen) atoms. The van der Waals surface area contributed by atoms with E-state index >= 15 is 0 Å². The van der Waals surface area contributed by atoms with Gasteiger partial charge in [0.1, 0.15) is 5.39 Å². The molecule has 10 nitrogen and oxygen atoms in total. The van der Waals surface area contributed by atoms with E-state index in [4.69, 9.17) is 0 Å². The highest BCUT2D eigenvalue weighted by Crippen LogP contribution is 2.33. The number of aromatic nitrogens is 6. The van der Waals surface area contributed by atoms with E-state index in [-0.39, 0.29) is 17.5 Å². The van der Waals surface area contributed by atoms with E-state index in [1.165, 1.54) is 18.0 Å². The first-order chi connectivity index (χ1) is 13.7. The smallest absolute Gasteiger partial charge is 0.265 e. The van der Waals surface area contributed by atoms with Gasteiger partial charge in [-0.05, 0) is 6.07 Å². The van der Waals surface area contributed by atoms with Gasteiger partial charge in [0.15, 0.2) is 10.8 Å². The quantitative estimate of drug-likeness (QED) is 0.627. The number of hydrogen-bond acceptors (Lipinski definition) is 8. The van der Waals surface area contributed by atoms with E-state index in [1.54, 1.807) is 23.0 Å². The molecule has 1 saturated heterocycles. The van der Waals surface area contributed by atoms with Crippen LogP contribution in [0.15, 0.2) is 34.6 Å². The molecule has 0 radical (unpaired) electrons. The van der Waals surface area contributed by atoms with Crippen molar-refractivity contribution in [2.24, 2.45) is 0 Å². The van der Waals surface area contributed by atoms with Crippen molar-refractivity contribution in [3.8, 4) is 0 Å². The van der Waals surface area contributed by atoms with Crippen molar-refractivity contribution in [2.75, 3.05) is 36.8 Å². The molecule has 144 valence electrons. The predicted molar refractivity (Wildman–Crippen MR) is 103 cm³/mol. The van der Waals surface area contributed by atoms with Gasteiger partial charge < -0.3 is 9.80 Å². The lowest BCUT2D eigenvalue weighted by atomic mass is 10.2. The van der Waals surface area contributed by atoms with E-state index in [0.29, 0.717) is 60.5 Å². The molecule has 1 fully saturated rings. The molecule has 5 heterocycles. The lowest BCUT2D eigenvalue weighted by Gasteiger charge is -2.35. The van der Waals surface area contributed by atoms with Gasteiger partial charge >= 0.3 is 0 Å². The standard InChI is InChI=1S/C17H18N8O2S/c26-13(23-4-6-24(7-5-23)16-18-2-1-3-19-16)8-11-10-28-17-21-14-12(9-20-22-14)15(27)25(11)17/h1-3,9,11H,4-8,10H2,(H,20,22). The third-order valence-corrected chi connectivity index (χ3v) is 6.23. The Morgan fingerprint density at radius 3 is 2.79 bits per heavy atom. The Kier molecular flexibility index (Phi) is 4.23. The van der Waals surface area contributed by atoms with Crippen molar-refractivity contribution >= 4 is 34.7 Å². The van der Waals surface area contributed by atoms with Crippen LogP contribution in [0.25, 0.3) is 11.0 Å². The second-order valence-corrected chi connectivity index (χ2v) is 7.77. The fraction of sp³-hybridized carbons (Fsp3) is 0.412. The van der Waals surface area contributed by atoms with Crippen molar-refractivity contribution in [1.82, 2.24) is 34.6 Å². The molecule has 0 aromatic carbocycles. The maximum Gasteiger partial charge on any atom is 0.265 e. The third-order valence-electron chi connectivity index (χ3n) is 5.13. The van der Waals surface area contributed by atoms with Gasteiger partial charge in [-0.3, -0.25) is 19.3 Å². The number of hydrogen-bond donors (Lipinski definition) is 1. The summed E-state index contributed by atoms with van der Waals surface area (Å²) in [6, 6.07) is 1.61. The van der Waals surface area contributed by atoms with Crippen LogP contribution in [0.5, 0.6) is 0 Å². The highest BCUT2D eigenvalue weighted by molar-refractivity contribution is 7.99. The van der Waals surface area contributed by atoms with Crippen LogP contribution >= 0.6 is 11.8 Å². The van der Waals surface area contributed by atoms with Crippen LogP contribution in [-0.4, -0.2) is 72.5 Å². The lowest BCUT2D eigenvalue weighted by Crippen LogP contribution is -2.49. The number of carbonyl (C=O) groups is 1. The second kappa shape index (κ2) is 6.89. The van der Waals surface area contributed by atoms with Crippen molar-refractivity contribution in [1.29, 1.82) is 0 Å². The van der Waals surface area contributed by atoms with E-state index in [9.17, 15) is 9.59 Å². The maximum atomic E-state index is 12.8. The summed E-state index contributed by atoms with van der Waals surface area (Å²) in [5.74, 6) is 1.43. The summed E-state index contributed by atoms with van der Waals surface area (Å²) in [7, 11) is 0. The Morgan fingerprint density at radius 1 is 1.21 bits per heavy atom. The first-order valence-corrected chi connectivity index (χ1v) is 10.1. The van der Waals surface area contributed by atoms with Gasteiger partial charge in [-0.25, -0.2) is 15.0 Å². The number of nitrogens with one attached hydrogen (secondary N) is 1. The van der Waals surface area contributed by atoms with Gasteiger partial charge in [0, 0.05) is 50.7 Å². The van der Waals surface area contributed by atoms with E-state index in [1.807, 2.05) is 4.90 Å². The van der Waals surface area contributed by atoms with Crippen molar-refractivity contribution < 1.29 is 4.79 Å². The minimum Gasteiger partial charge on any atom is -0.339 e. The van der Waals surface area contributed by atoms with Gasteiger partial charge in [0.2, 0.25) is 11.9 Å².